The predicted molar refractivity (Wildman–Crippen MR) is 118 cm³/mol. The molecular formula is C23H29N5O4. The zero-order valence-electron chi connectivity index (χ0n) is 18.3. The van der Waals surface area contributed by atoms with Crippen molar-refractivity contribution in [2.75, 3.05) is 38.2 Å². The van der Waals surface area contributed by atoms with Gasteiger partial charge in [0.25, 0.3) is 0 Å². The highest BCUT2D eigenvalue weighted by atomic mass is 16.5. The minimum Gasteiger partial charge on any atom is -0.507 e. The second kappa shape index (κ2) is 8.90. The molecule has 2 aromatic rings. The number of morpholine rings is 1. The molecule has 1 saturated carbocycles. The highest BCUT2D eigenvalue weighted by molar-refractivity contribution is 5.79. The number of amides is 1. The van der Waals surface area contributed by atoms with E-state index in [9.17, 15) is 9.90 Å². The smallest absolute Gasteiger partial charge is 0.243 e. The molecular weight excluding hydrogens is 410 g/mol. The molecule has 0 spiro atoms. The Kier molecular flexibility index (Phi) is 5.82. The largest absolute Gasteiger partial charge is 0.507 e. The Morgan fingerprint density at radius 2 is 2.03 bits per heavy atom. The molecule has 170 valence electrons. The molecule has 32 heavy (non-hydrogen) atoms. The van der Waals surface area contributed by atoms with Crippen LogP contribution in [0.2, 0.25) is 0 Å². The number of hydrogen-bond donors (Lipinski definition) is 2. The van der Waals surface area contributed by atoms with Gasteiger partial charge < -0.3 is 24.8 Å². The summed E-state index contributed by atoms with van der Waals surface area (Å²) in [6.45, 7) is 5.06. The van der Waals surface area contributed by atoms with Crippen molar-refractivity contribution in [3.63, 3.8) is 0 Å². The van der Waals surface area contributed by atoms with E-state index in [0.29, 0.717) is 62.2 Å². The summed E-state index contributed by atoms with van der Waals surface area (Å²) in [6, 6.07) is 3.79. The van der Waals surface area contributed by atoms with Crippen molar-refractivity contribution < 1.29 is 19.4 Å². The van der Waals surface area contributed by atoms with Gasteiger partial charge in [-0.25, -0.2) is 4.98 Å². The molecule has 2 N–H and O–H groups in total. The van der Waals surface area contributed by atoms with Crippen molar-refractivity contribution in [2.45, 2.75) is 45.1 Å². The van der Waals surface area contributed by atoms with Crippen molar-refractivity contribution in [2.24, 2.45) is 5.92 Å². The number of rotatable bonds is 4. The van der Waals surface area contributed by atoms with E-state index in [1.165, 1.54) is 0 Å². The first-order valence-corrected chi connectivity index (χ1v) is 11.4. The van der Waals surface area contributed by atoms with Crippen molar-refractivity contribution >= 4 is 11.9 Å². The van der Waals surface area contributed by atoms with Gasteiger partial charge in [0.15, 0.2) is 0 Å². The number of fused-ring (bicyclic) bond motifs is 1. The van der Waals surface area contributed by atoms with Crippen molar-refractivity contribution in [1.82, 2.24) is 20.1 Å². The van der Waals surface area contributed by atoms with Gasteiger partial charge in [-0.2, -0.15) is 0 Å². The summed E-state index contributed by atoms with van der Waals surface area (Å²) in [5, 5.41) is 22.7. The van der Waals surface area contributed by atoms with E-state index >= 15 is 0 Å². The third-order valence-corrected chi connectivity index (χ3v) is 6.64. The van der Waals surface area contributed by atoms with Crippen LogP contribution in [0.25, 0.3) is 11.3 Å². The van der Waals surface area contributed by atoms with Gasteiger partial charge in [0.1, 0.15) is 17.2 Å². The highest BCUT2D eigenvalue weighted by Crippen LogP contribution is 2.40. The lowest BCUT2D eigenvalue weighted by atomic mass is 9.84. The first kappa shape index (κ1) is 20.9. The second-order valence-corrected chi connectivity index (χ2v) is 8.75. The topological polar surface area (TPSA) is 110 Å². The Morgan fingerprint density at radius 3 is 2.84 bits per heavy atom. The number of ether oxygens (including phenoxy) is 2. The molecule has 2 fully saturated rings. The van der Waals surface area contributed by atoms with Crippen LogP contribution in [0, 0.1) is 12.8 Å². The SMILES string of the molecule is Cc1nc(N[C@@H]2CCC[C@H](C(=O)N3CCOCC3)C2)nnc1-c1ccc2c(c1O)CCO2. The van der Waals surface area contributed by atoms with Crippen LogP contribution in [0.1, 0.15) is 36.9 Å². The molecule has 9 nitrogen and oxygen atoms in total. The Balaban J connectivity index is 1.27. The van der Waals surface area contributed by atoms with Gasteiger partial charge in [-0.15, -0.1) is 10.2 Å². The van der Waals surface area contributed by atoms with Gasteiger partial charge in [0.05, 0.1) is 25.5 Å². The minimum absolute atomic E-state index is 0.0262. The number of aromatic nitrogens is 3. The summed E-state index contributed by atoms with van der Waals surface area (Å²) in [5.74, 6) is 1.64. The van der Waals surface area contributed by atoms with Crippen molar-refractivity contribution in [3.8, 4) is 22.8 Å². The lowest BCUT2D eigenvalue weighted by Gasteiger charge is -2.34. The number of nitrogens with one attached hydrogen (secondary N) is 1. The Bertz CT molecular complexity index is 1010. The molecule has 1 aromatic carbocycles. The number of hydrogen-bond acceptors (Lipinski definition) is 8. The third-order valence-electron chi connectivity index (χ3n) is 6.64. The first-order chi connectivity index (χ1) is 15.6. The van der Waals surface area contributed by atoms with Gasteiger partial charge >= 0.3 is 0 Å². The summed E-state index contributed by atoms with van der Waals surface area (Å²) >= 11 is 0. The standard InChI is InChI=1S/C23H29N5O4/c1-14-20(18-5-6-19-17(21(18)29)7-10-32-19)26-27-23(24-14)25-16-4-2-3-15(13-16)22(30)28-8-11-31-12-9-28/h5-6,15-16,29H,2-4,7-13H2,1H3,(H,24,25,27)/t15-,16+/m0/s1. The molecule has 0 radical (unpaired) electrons. The number of nitrogens with zero attached hydrogens (tertiary/aromatic N) is 4. The van der Waals surface area contributed by atoms with Crippen LogP contribution in [-0.4, -0.2) is 70.0 Å². The molecule has 1 amide bonds. The molecule has 3 aliphatic rings. The lowest BCUT2D eigenvalue weighted by molar-refractivity contribution is -0.140. The lowest BCUT2D eigenvalue weighted by Crippen LogP contribution is -2.45. The van der Waals surface area contributed by atoms with Crippen LogP contribution in [0.4, 0.5) is 5.95 Å². The number of aromatic hydroxyl groups is 1. The van der Waals surface area contributed by atoms with Gasteiger partial charge in [0.2, 0.25) is 11.9 Å². The quantitative estimate of drug-likeness (QED) is 0.747. The zero-order valence-corrected chi connectivity index (χ0v) is 18.3. The van der Waals surface area contributed by atoms with Gasteiger partial charge in [-0.05, 0) is 38.3 Å². The van der Waals surface area contributed by atoms with E-state index in [1.54, 1.807) is 6.07 Å². The molecule has 0 unspecified atom stereocenters. The molecule has 1 aromatic heterocycles. The molecule has 2 aliphatic heterocycles. The normalized spacial score (nSPS) is 22.8. The van der Waals surface area contributed by atoms with Crippen LogP contribution < -0.4 is 10.1 Å². The summed E-state index contributed by atoms with van der Waals surface area (Å²) in [6.07, 6.45) is 4.34. The fourth-order valence-electron chi connectivity index (χ4n) is 4.93. The van der Waals surface area contributed by atoms with Crippen LogP contribution in [-0.2, 0) is 16.0 Å². The van der Waals surface area contributed by atoms with Crippen LogP contribution in [0.3, 0.4) is 0 Å². The van der Waals surface area contributed by atoms with Crippen LogP contribution >= 0.6 is 0 Å². The molecule has 3 heterocycles. The van der Waals surface area contributed by atoms with Crippen LogP contribution in [0.15, 0.2) is 12.1 Å². The maximum atomic E-state index is 12.9. The average molecular weight is 440 g/mol. The van der Waals surface area contributed by atoms with E-state index < -0.39 is 0 Å². The monoisotopic (exact) mass is 439 g/mol. The van der Waals surface area contributed by atoms with Crippen molar-refractivity contribution in [1.29, 1.82) is 0 Å². The third kappa shape index (κ3) is 4.09. The number of aryl methyl sites for hydroxylation is 1. The minimum atomic E-state index is 0.0262. The zero-order chi connectivity index (χ0) is 22.1. The number of benzene rings is 1. The maximum absolute atomic E-state index is 12.9. The summed E-state index contributed by atoms with van der Waals surface area (Å²) < 4.78 is 10.9. The van der Waals surface area contributed by atoms with E-state index in [2.05, 4.69) is 20.5 Å². The fraction of sp³-hybridized carbons (Fsp3) is 0.565. The van der Waals surface area contributed by atoms with E-state index in [1.807, 2.05) is 17.9 Å². The van der Waals surface area contributed by atoms with E-state index in [4.69, 9.17) is 9.47 Å². The van der Waals surface area contributed by atoms with Gasteiger partial charge in [-0.1, -0.05) is 6.42 Å². The van der Waals surface area contributed by atoms with Gasteiger partial charge in [0, 0.05) is 42.6 Å². The van der Waals surface area contributed by atoms with Crippen LogP contribution in [0.5, 0.6) is 11.5 Å². The second-order valence-electron chi connectivity index (χ2n) is 8.75. The predicted octanol–water partition coefficient (Wildman–Crippen LogP) is 2.32. The fourth-order valence-corrected chi connectivity index (χ4v) is 4.93. The summed E-state index contributed by atoms with van der Waals surface area (Å²) in [5.41, 5.74) is 2.68. The Hall–Kier alpha value is -2.94. The first-order valence-electron chi connectivity index (χ1n) is 11.4. The molecule has 1 saturated heterocycles. The summed E-state index contributed by atoms with van der Waals surface area (Å²) in [7, 11) is 0. The average Bonchev–Trinajstić information content (AvgIpc) is 3.30. The molecule has 0 bridgehead atoms. The number of carbonyl (C=O) groups excluding carboxylic acids is 1. The number of phenols is 1. The Morgan fingerprint density at radius 1 is 1.19 bits per heavy atom. The Labute approximate surface area is 187 Å². The number of carbonyl (C=O) groups is 1. The molecule has 2 atom stereocenters. The van der Waals surface area contributed by atoms with Gasteiger partial charge in [-0.3, -0.25) is 4.79 Å². The number of phenolic OH excluding ortho intramolecular Hbond substituents is 1. The van der Waals surface area contributed by atoms with Crippen molar-refractivity contribution in [3.05, 3.63) is 23.4 Å². The number of anilines is 1. The molecule has 1 aliphatic carbocycles. The maximum Gasteiger partial charge on any atom is 0.243 e. The molecule has 5 rings (SSSR count). The highest BCUT2D eigenvalue weighted by Gasteiger charge is 2.31. The molecule has 9 heteroatoms. The summed E-state index contributed by atoms with van der Waals surface area (Å²) in [4.78, 5) is 19.4. The van der Waals surface area contributed by atoms with E-state index in [-0.39, 0.29) is 23.6 Å². The van der Waals surface area contributed by atoms with E-state index in [0.717, 1.165) is 37.0 Å².